The Labute approximate surface area is 133 Å². The lowest BCUT2D eigenvalue weighted by atomic mass is 9.83. The average Bonchev–Trinajstić information content (AvgIpc) is 2.40. The maximum Gasteiger partial charge on any atom is 0.308 e. The lowest BCUT2D eigenvalue weighted by Crippen LogP contribution is -2.48. The van der Waals surface area contributed by atoms with Gasteiger partial charge in [-0.3, -0.25) is 9.59 Å². The Morgan fingerprint density at radius 1 is 1.38 bits per heavy atom. The van der Waals surface area contributed by atoms with E-state index in [0.717, 1.165) is 0 Å². The highest BCUT2D eigenvalue weighted by molar-refractivity contribution is 6.33. The first-order valence-electron chi connectivity index (χ1n) is 6.82. The number of carbonyl (C=O) groups is 2. The predicted molar refractivity (Wildman–Crippen MR) is 81.5 cm³/mol. The highest BCUT2D eigenvalue weighted by Crippen LogP contribution is 2.41. The Morgan fingerprint density at radius 3 is 2.62 bits per heavy atom. The summed E-state index contributed by atoms with van der Waals surface area (Å²) in [5, 5.41) is 10.4. The first-order chi connectivity index (χ1) is 9.82. The Hall–Kier alpha value is -1.26. The van der Waals surface area contributed by atoms with Crippen LogP contribution in [-0.2, 0) is 9.59 Å². The van der Waals surface area contributed by atoms with Gasteiger partial charge in [-0.15, -0.1) is 0 Å². The van der Waals surface area contributed by atoms with Gasteiger partial charge in [0.2, 0.25) is 5.91 Å². The summed E-state index contributed by atoms with van der Waals surface area (Å²) in [5.41, 5.74) is 0.596. The van der Waals surface area contributed by atoms with Crippen LogP contribution in [-0.4, -0.2) is 27.9 Å². The van der Waals surface area contributed by atoms with Crippen molar-refractivity contribution < 1.29 is 14.7 Å². The summed E-state index contributed by atoms with van der Waals surface area (Å²) in [4.78, 5) is 25.4. The summed E-state index contributed by atoms with van der Waals surface area (Å²) in [7, 11) is 0. The highest BCUT2D eigenvalue weighted by Gasteiger charge is 2.42. The monoisotopic (exact) mass is 329 g/mol. The number of piperidine rings is 1. The van der Waals surface area contributed by atoms with E-state index in [1.165, 1.54) is 0 Å². The molecular formula is C15H17Cl2NO3. The fourth-order valence-corrected chi connectivity index (χ4v) is 3.30. The van der Waals surface area contributed by atoms with Crippen LogP contribution in [0.5, 0.6) is 0 Å². The minimum atomic E-state index is -0.922. The van der Waals surface area contributed by atoms with E-state index < -0.39 is 17.9 Å². The molecule has 4 nitrogen and oxygen atoms in total. The molecule has 0 spiro atoms. The highest BCUT2D eigenvalue weighted by atomic mass is 35.5. The van der Waals surface area contributed by atoms with Crippen molar-refractivity contribution in [1.29, 1.82) is 0 Å². The third-order valence-electron chi connectivity index (χ3n) is 3.79. The second-order valence-electron chi connectivity index (χ2n) is 5.49. The van der Waals surface area contributed by atoms with Gasteiger partial charge in [-0.1, -0.05) is 23.2 Å². The topological polar surface area (TPSA) is 57.6 Å². The third kappa shape index (κ3) is 3.16. The molecule has 1 amide bonds. The van der Waals surface area contributed by atoms with Gasteiger partial charge in [0.25, 0.3) is 0 Å². The van der Waals surface area contributed by atoms with Gasteiger partial charge >= 0.3 is 5.97 Å². The SMILES string of the molecule is CC(C)N1C(=O)CCC(C(=O)O)C1c1cc(Cl)ccc1Cl. The van der Waals surface area contributed by atoms with Crippen LogP contribution >= 0.6 is 23.2 Å². The summed E-state index contributed by atoms with van der Waals surface area (Å²) in [6.07, 6.45) is 0.550. The molecule has 114 valence electrons. The van der Waals surface area contributed by atoms with Crippen molar-refractivity contribution in [1.82, 2.24) is 4.90 Å². The van der Waals surface area contributed by atoms with E-state index >= 15 is 0 Å². The van der Waals surface area contributed by atoms with E-state index in [4.69, 9.17) is 23.2 Å². The lowest BCUT2D eigenvalue weighted by Gasteiger charge is -2.42. The van der Waals surface area contributed by atoms with Gasteiger partial charge in [-0.2, -0.15) is 0 Å². The fraction of sp³-hybridized carbons (Fsp3) is 0.467. The first kappa shape index (κ1) is 16.1. The Kier molecular flexibility index (Phi) is 4.79. The molecule has 0 bridgehead atoms. The molecule has 1 heterocycles. The molecule has 1 N–H and O–H groups in total. The van der Waals surface area contributed by atoms with Crippen molar-refractivity contribution in [3.63, 3.8) is 0 Å². The first-order valence-corrected chi connectivity index (χ1v) is 7.57. The molecule has 0 aromatic heterocycles. The van der Waals surface area contributed by atoms with E-state index in [1.807, 2.05) is 13.8 Å². The van der Waals surface area contributed by atoms with Crippen molar-refractivity contribution in [3.05, 3.63) is 33.8 Å². The van der Waals surface area contributed by atoms with Gasteiger partial charge in [0, 0.05) is 22.5 Å². The zero-order valence-electron chi connectivity index (χ0n) is 11.8. The Morgan fingerprint density at radius 2 is 2.05 bits per heavy atom. The summed E-state index contributed by atoms with van der Waals surface area (Å²) >= 11 is 12.2. The van der Waals surface area contributed by atoms with Crippen LogP contribution in [0.15, 0.2) is 18.2 Å². The lowest BCUT2D eigenvalue weighted by molar-refractivity contribution is -0.153. The van der Waals surface area contributed by atoms with E-state index in [2.05, 4.69) is 0 Å². The molecule has 21 heavy (non-hydrogen) atoms. The zero-order chi connectivity index (χ0) is 15.7. The number of halogens is 2. The van der Waals surface area contributed by atoms with Gasteiger partial charge < -0.3 is 10.0 Å². The molecule has 6 heteroatoms. The predicted octanol–water partition coefficient (Wildman–Crippen LogP) is 3.77. The molecule has 1 aromatic carbocycles. The molecule has 1 saturated heterocycles. The fourth-order valence-electron chi connectivity index (χ4n) is 2.89. The van der Waals surface area contributed by atoms with Gasteiger partial charge in [0.1, 0.15) is 0 Å². The molecule has 2 rings (SSSR count). The number of carboxylic acids is 1. The standard InChI is InChI=1S/C15H17Cl2NO3/c1-8(2)18-13(19)6-4-10(15(20)21)14(18)11-7-9(16)3-5-12(11)17/h3,5,7-8,10,14H,4,6H2,1-2H3,(H,20,21). The molecule has 0 saturated carbocycles. The van der Waals surface area contributed by atoms with Crippen molar-refractivity contribution in [2.45, 2.75) is 38.8 Å². The van der Waals surface area contributed by atoms with Crippen molar-refractivity contribution in [3.8, 4) is 0 Å². The number of nitrogens with zero attached hydrogens (tertiary/aromatic N) is 1. The Balaban J connectivity index is 2.56. The van der Waals surface area contributed by atoms with Gasteiger partial charge in [-0.25, -0.2) is 0 Å². The molecule has 1 aliphatic rings. The molecule has 2 unspecified atom stereocenters. The number of benzene rings is 1. The number of hydrogen-bond donors (Lipinski definition) is 1. The maximum atomic E-state index is 12.2. The van der Waals surface area contributed by atoms with Crippen LogP contribution in [0.3, 0.4) is 0 Å². The van der Waals surface area contributed by atoms with Crippen LogP contribution < -0.4 is 0 Å². The van der Waals surface area contributed by atoms with Gasteiger partial charge in [0.15, 0.2) is 0 Å². The van der Waals surface area contributed by atoms with Crippen LogP contribution in [0.4, 0.5) is 0 Å². The minimum Gasteiger partial charge on any atom is -0.481 e. The van der Waals surface area contributed by atoms with Gasteiger partial charge in [0.05, 0.1) is 12.0 Å². The number of hydrogen-bond acceptors (Lipinski definition) is 2. The molecule has 1 aliphatic heterocycles. The number of carbonyl (C=O) groups excluding carboxylic acids is 1. The minimum absolute atomic E-state index is 0.0523. The van der Waals surface area contributed by atoms with Crippen molar-refractivity contribution in [2.75, 3.05) is 0 Å². The second-order valence-corrected chi connectivity index (χ2v) is 6.33. The largest absolute Gasteiger partial charge is 0.481 e. The normalized spacial score (nSPS) is 22.7. The second kappa shape index (κ2) is 6.24. The van der Waals surface area contributed by atoms with Crippen LogP contribution in [0.2, 0.25) is 10.0 Å². The quantitative estimate of drug-likeness (QED) is 0.918. The molecule has 0 aliphatic carbocycles. The maximum absolute atomic E-state index is 12.2. The number of likely N-dealkylation sites (tertiary alicyclic amines) is 1. The van der Waals surface area contributed by atoms with E-state index in [0.29, 0.717) is 22.0 Å². The van der Waals surface area contributed by atoms with Crippen LogP contribution in [0.1, 0.15) is 38.3 Å². The molecule has 1 fully saturated rings. The molecule has 2 atom stereocenters. The molecule has 0 radical (unpaired) electrons. The summed E-state index contributed by atoms with van der Waals surface area (Å²) in [5.74, 6) is -1.65. The summed E-state index contributed by atoms with van der Waals surface area (Å²) < 4.78 is 0. The molecule has 1 aromatic rings. The zero-order valence-corrected chi connectivity index (χ0v) is 13.4. The Bertz CT molecular complexity index is 574. The third-order valence-corrected chi connectivity index (χ3v) is 4.37. The number of carboxylic acid groups (broad SMARTS) is 1. The number of amides is 1. The molecular weight excluding hydrogens is 313 g/mol. The van der Waals surface area contributed by atoms with E-state index in [-0.39, 0.29) is 18.4 Å². The summed E-state index contributed by atoms with van der Waals surface area (Å²) in [6, 6.07) is 4.23. The van der Waals surface area contributed by atoms with Gasteiger partial charge in [-0.05, 0) is 44.0 Å². The average molecular weight is 330 g/mol. The van der Waals surface area contributed by atoms with Crippen LogP contribution in [0.25, 0.3) is 0 Å². The summed E-state index contributed by atoms with van der Waals surface area (Å²) in [6.45, 7) is 3.74. The van der Waals surface area contributed by atoms with Crippen LogP contribution in [0, 0.1) is 5.92 Å². The van der Waals surface area contributed by atoms with E-state index in [9.17, 15) is 14.7 Å². The smallest absolute Gasteiger partial charge is 0.308 e. The van der Waals surface area contributed by atoms with Crippen molar-refractivity contribution >= 4 is 35.1 Å². The number of aliphatic carboxylic acids is 1. The number of rotatable bonds is 3. The van der Waals surface area contributed by atoms with E-state index in [1.54, 1.807) is 23.1 Å². The van der Waals surface area contributed by atoms with Crippen molar-refractivity contribution in [2.24, 2.45) is 5.92 Å².